The maximum absolute atomic E-state index is 5.46. The molecule has 2 rings (SSSR count). The van der Waals surface area contributed by atoms with E-state index in [1.165, 1.54) is 21.6 Å². The maximum Gasteiger partial charge on any atom is 0.123 e. The van der Waals surface area contributed by atoms with Crippen LogP contribution in [0.5, 0.6) is 5.75 Å². The van der Waals surface area contributed by atoms with Crippen LogP contribution in [-0.2, 0) is 6.54 Å². The molecule has 112 valence electrons. The van der Waals surface area contributed by atoms with Crippen molar-refractivity contribution in [3.05, 3.63) is 59.2 Å². The summed E-state index contributed by atoms with van der Waals surface area (Å²) in [5.41, 5.74) is 3.76. The van der Waals surface area contributed by atoms with Crippen LogP contribution < -0.4 is 10.1 Å². The number of methoxy groups -OCH3 is 1. The smallest absolute Gasteiger partial charge is 0.123 e. The van der Waals surface area contributed by atoms with Crippen LogP contribution in [-0.4, -0.2) is 13.4 Å². The van der Waals surface area contributed by atoms with Crippen molar-refractivity contribution in [3.63, 3.8) is 0 Å². The van der Waals surface area contributed by atoms with Gasteiger partial charge in [-0.1, -0.05) is 29.8 Å². The minimum atomic E-state index is 0.250. The molecular formula is C18H23NOS. The summed E-state index contributed by atoms with van der Waals surface area (Å²) in [5, 5.41) is 3.57. The molecule has 1 N–H and O–H groups in total. The third-order valence-corrected chi connectivity index (χ3v) is 4.37. The molecule has 0 aliphatic carbocycles. The quantitative estimate of drug-likeness (QED) is 0.789. The zero-order valence-corrected chi connectivity index (χ0v) is 14.0. The van der Waals surface area contributed by atoms with Gasteiger partial charge >= 0.3 is 0 Å². The Bertz CT molecular complexity index is 580. The summed E-state index contributed by atoms with van der Waals surface area (Å²) in [6, 6.07) is 15.2. The standard InChI is InChI=1S/C18H23NOS/c1-13-5-10-18(20-3)17(11-13)14(2)19-12-15-6-8-16(21-4)9-7-15/h5-11,14,19H,12H2,1-4H3. The summed E-state index contributed by atoms with van der Waals surface area (Å²) in [6.45, 7) is 5.14. The van der Waals surface area contributed by atoms with Crippen LogP contribution in [0.3, 0.4) is 0 Å². The predicted molar refractivity (Wildman–Crippen MR) is 91.2 cm³/mol. The fourth-order valence-electron chi connectivity index (χ4n) is 2.32. The van der Waals surface area contributed by atoms with Gasteiger partial charge in [0.05, 0.1) is 7.11 Å². The molecule has 0 aliphatic rings. The van der Waals surface area contributed by atoms with Crippen LogP contribution in [0.25, 0.3) is 0 Å². The van der Waals surface area contributed by atoms with E-state index in [2.05, 4.69) is 61.8 Å². The van der Waals surface area contributed by atoms with Gasteiger partial charge in [-0.05, 0) is 43.9 Å². The molecule has 1 atom stereocenters. The second kappa shape index (κ2) is 7.53. The largest absolute Gasteiger partial charge is 0.496 e. The Morgan fingerprint density at radius 2 is 1.86 bits per heavy atom. The molecular weight excluding hydrogens is 278 g/mol. The van der Waals surface area contributed by atoms with Crippen molar-refractivity contribution in [2.75, 3.05) is 13.4 Å². The van der Waals surface area contributed by atoms with Crippen LogP contribution in [0.2, 0.25) is 0 Å². The van der Waals surface area contributed by atoms with E-state index >= 15 is 0 Å². The van der Waals surface area contributed by atoms with Gasteiger partial charge in [0, 0.05) is 23.0 Å². The van der Waals surface area contributed by atoms with Crippen LogP contribution in [0.4, 0.5) is 0 Å². The average Bonchev–Trinajstić information content (AvgIpc) is 2.53. The number of hydrogen-bond acceptors (Lipinski definition) is 3. The Balaban J connectivity index is 2.03. The Kier molecular flexibility index (Phi) is 5.71. The highest BCUT2D eigenvalue weighted by Gasteiger charge is 2.11. The summed E-state index contributed by atoms with van der Waals surface area (Å²) in [7, 11) is 1.72. The number of nitrogens with one attached hydrogen (secondary N) is 1. The molecule has 1 unspecified atom stereocenters. The summed E-state index contributed by atoms with van der Waals surface area (Å²) in [6.07, 6.45) is 2.10. The Morgan fingerprint density at radius 1 is 1.14 bits per heavy atom. The van der Waals surface area contributed by atoms with Crippen LogP contribution in [0, 0.1) is 6.92 Å². The Labute approximate surface area is 131 Å². The SMILES string of the molecule is COc1ccc(C)cc1C(C)NCc1ccc(SC)cc1. The summed E-state index contributed by atoms with van der Waals surface area (Å²) >= 11 is 1.77. The maximum atomic E-state index is 5.46. The number of ether oxygens (including phenoxy) is 1. The fraction of sp³-hybridized carbons (Fsp3) is 0.333. The van der Waals surface area contributed by atoms with E-state index in [0.29, 0.717) is 0 Å². The van der Waals surface area contributed by atoms with Crippen molar-refractivity contribution in [2.24, 2.45) is 0 Å². The van der Waals surface area contributed by atoms with Gasteiger partial charge in [0.1, 0.15) is 5.75 Å². The number of hydrogen-bond donors (Lipinski definition) is 1. The molecule has 0 aromatic heterocycles. The number of aryl methyl sites for hydroxylation is 1. The first-order valence-electron chi connectivity index (χ1n) is 7.15. The molecule has 0 aliphatic heterocycles. The number of benzene rings is 2. The summed E-state index contributed by atoms with van der Waals surface area (Å²) < 4.78 is 5.46. The molecule has 0 fully saturated rings. The topological polar surface area (TPSA) is 21.3 Å². The molecule has 0 spiro atoms. The molecule has 2 nitrogen and oxygen atoms in total. The van der Waals surface area contributed by atoms with Gasteiger partial charge in [0.2, 0.25) is 0 Å². The Morgan fingerprint density at radius 3 is 2.48 bits per heavy atom. The third kappa shape index (κ3) is 4.26. The monoisotopic (exact) mass is 301 g/mol. The lowest BCUT2D eigenvalue weighted by Gasteiger charge is -2.18. The lowest BCUT2D eigenvalue weighted by atomic mass is 10.0. The van der Waals surface area contributed by atoms with Crippen molar-refractivity contribution in [1.82, 2.24) is 5.32 Å². The zero-order valence-electron chi connectivity index (χ0n) is 13.1. The molecule has 0 saturated carbocycles. The predicted octanol–water partition coefficient (Wildman–Crippen LogP) is 4.58. The van der Waals surface area contributed by atoms with Crippen LogP contribution in [0.1, 0.15) is 29.7 Å². The number of rotatable bonds is 6. The van der Waals surface area contributed by atoms with E-state index in [-0.39, 0.29) is 6.04 Å². The van der Waals surface area contributed by atoms with Gasteiger partial charge < -0.3 is 10.1 Å². The van der Waals surface area contributed by atoms with Crippen molar-refractivity contribution in [2.45, 2.75) is 31.3 Å². The van der Waals surface area contributed by atoms with Crippen LogP contribution in [0.15, 0.2) is 47.4 Å². The normalized spacial score (nSPS) is 12.2. The summed E-state index contributed by atoms with van der Waals surface area (Å²) in [5.74, 6) is 0.943. The highest BCUT2D eigenvalue weighted by atomic mass is 32.2. The van der Waals surface area contributed by atoms with Gasteiger partial charge in [0.15, 0.2) is 0 Å². The van der Waals surface area contributed by atoms with Crippen molar-refractivity contribution in [3.8, 4) is 5.75 Å². The molecule has 2 aromatic rings. The lowest BCUT2D eigenvalue weighted by molar-refractivity contribution is 0.401. The van der Waals surface area contributed by atoms with Crippen molar-refractivity contribution < 1.29 is 4.74 Å². The second-order valence-electron chi connectivity index (χ2n) is 5.20. The average molecular weight is 301 g/mol. The van der Waals surface area contributed by atoms with Gasteiger partial charge in [0.25, 0.3) is 0 Å². The lowest BCUT2D eigenvalue weighted by Crippen LogP contribution is -2.18. The molecule has 0 amide bonds. The molecule has 0 saturated heterocycles. The second-order valence-corrected chi connectivity index (χ2v) is 6.08. The van der Waals surface area contributed by atoms with Gasteiger partial charge in [-0.15, -0.1) is 11.8 Å². The molecule has 0 heterocycles. The zero-order chi connectivity index (χ0) is 15.2. The molecule has 21 heavy (non-hydrogen) atoms. The van der Waals surface area contributed by atoms with Gasteiger partial charge in [-0.25, -0.2) is 0 Å². The van der Waals surface area contributed by atoms with E-state index in [1.807, 2.05) is 6.07 Å². The molecule has 3 heteroatoms. The first-order valence-corrected chi connectivity index (χ1v) is 8.37. The molecule has 0 bridgehead atoms. The highest BCUT2D eigenvalue weighted by molar-refractivity contribution is 7.98. The first kappa shape index (κ1) is 15.9. The first-order chi connectivity index (χ1) is 10.1. The number of thioether (sulfide) groups is 1. The highest BCUT2D eigenvalue weighted by Crippen LogP contribution is 2.26. The van der Waals surface area contributed by atoms with Gasteiger partial charge in [-0.3, -0.25) is 0 Å². The van der Waals surface area contributed by atoms with E-state index in [4.69, 9.17) is 4.74 Å². The third-order valence-electron chi connectivity index (χ3n) is 3.62. The van der Waals surface area contributed by atoms with Gasteiger partial charge in [-0.2, -0.15) is 0 Å². The Hall–Kier alpha value is -1.45. The molecule has 0 radical (unpaired) electrons. The minimum Gasteiger partial charge on any atom is -0.496 e. The summed E-state index contributed by atoms with van der Waals surface area (Å²) in [4.78, 5) is 1.30. The van der Waals surface area contributed by atoms with Crippen LogP contribution >= 0.6 is 11.8 Å². The van der Waals surface area contributed by atoms with Crippen molar-refractivity contribution >= 4 is 11.8 Å². The molecule has 2 aromatic carbocycles. The van der Waals surface area contributed by atoms with E-state index in [0.717, 1.165) is 12.3 Å². The fourth-order valence-corrected chi connectivity index (χ4v) is 2.72. The van der Waals surface area contributed by atoms with E-state index in [9.17, 15) is 0 Å². The minimum absolute atomic E-state index is 0.250. The van der Waals surface area contributed by atoms with E-state index < -0.39 is 0 Å². The van der Waals surface area contributed by atoms with Crippen molar-refractivity contribution in [1.29, 1.82) is 0 Å². The van der Waals surface area contributed by atoms with E-state index in [1.54, 1.807) is 18.9 Å².